The van der Waals surface area contributed by atoms with Gasteiger partial charge in [0, 0.05) is 16.6 Å². The smallest absolute Gasteiger partial charge is 0.271 e. The highest BCUT2D eigenvalue weighted by molar-refractivity contribution is 7.09. The van der Waals surface area contributed by atoms with E-state index in [9.17, 15) is 4.79 Å². The van der Waals surface area contributed by atoms with Crippen LogP contribution in [0.4, 0.5) is 5.69 Å². The Balaban J connectivity index is 2.55. The highest BCUT2D eigenvalue weighted by Crippen LogP contribution is 2.24. The zero-order valence-electron chi connectivity index (χ0n) is 9.20. The number of H-pyrrole nitrogens is 1. The molecule has 2 aromatic heterocycles. The van der Waals surface area contributed by atoms with E-state index in [1.54, 1.807) is 17.4 Å². The van der Waals surface area contributed by atoms with Gasteiger partial charge in [0.15, 0.2) is 0 Å². The third-order valence-corrected chi connectivity index (χ3v) is 3.39. The van der Waals surface area contributed by atoms with Crippen LogP contribution in [0.15, 0.2) is 16.2 Å². The van der Waals surface area contributed by atoms with Crippen molar-refractivity contribution < 1.29 is 0 Å². The summed E-state index contributed by atoms with van der Waals surface area (Å²) in [5.41, 5.74) is 8.15. The van der Waals surface area contributed by atoms with Gasteiger partial charge in [-0.05, 0) is 19.4 Å². The number of nitrogens with one attached hydrogen (secondary N) is 1. The summed E-state index contributed by atoms with van der Waals surface area (Å²) >= 11 is 1.62. The lowest BCUT2D eigenvalue weighted by Gasteiger charge is -2.03. The number of pyridine rings is 1. The molecule has 0 saturated carbocycles. The van der Waals surface area contributed by atoms with Gasteiger partial charge in [0.05, 0.1) is 16.4 Å². The fourth-order valence-electron chi connectivity index (χ4n) is 1.50. The zero-order valence-corrected chi connectivity index (χ0v) is 10.0. The second kappa shape index (κ2) is 4.09. The molecule has 84 valence electrons. The summed E-state index contributed by atoms with van der Waals surface area (Å²) in [6, 6.07) is 1.68. The van der Waals surface area contributed by atoms with E-state index in [1.165, 1.54) is 0 Å². The summed E-state index contributed by atoms with van der Waals surface area (Å²) in [6.45, 7) is 3.91. The Labute approximate surface area is 97.2 Å². The molecule has 4 nitrogen and oxygen atoms in total. The first kappa shape index (κ1) is 10.9. The highest BCUT2D eigenvalue weighted by Gasteiger charge is 2.08. The number of nitrogens with two attached hydrogens (primary N) is 1. The van der Waals surface area contributed by atoms with Gasteiger partial charge in [-0.3, -0.25) is 4.79 Å². The van der Waals surface area contributed by atoms with Crippen LogP contribution in [0.2, 0.25) is 0 Å². The Morgan fingerprint density at radius 3 is 2.94 bits per heavy atom. The van der Waals surface area contributed by atoms with E-state index in [0.717, 1.165) is 28.4 Å². The van der Waals surface area contributed by atoms with E-state index in [1.807, 2.05) is 12.3 Å². The number of aromatic nitrogens is 2. The van der Waals surface area contributed by atoms with Gasteiger partial charge < -0.3 is 10.7 Å². The molecule has 0 amide bonds. The summed E-state index contributed by atoms with van der Waals surface area (Å²) in [4.78, 5) is 18.5. The van der Waals surface area contributed by atoms with Crippen LogP contribution in [0.5, 0.6) is 0 Å². The normalized spacial score (nSPS) is 10.6. The largest absolute Gasteiger partial charge is 0.394 e. The zero-order chi connectivity index (χ0) is 11.7. The molecule has 0 aliphatic heterocycles. The summed E-state index contributed by atoms with van der Waals surface area (Å²) in [7, 11) is 0. The first-order chi connectivity index (χ1) is 7.61. The van der Waals surface area contributed by atoms with Crippen molar-refractivity contribution >= 4 is 17.0 Å². The lowest BCUT2D eigenvalue weighted by molar-refractivity contribution is 1.09. The van der Waals surface area contributed by atoms with Crippen molar-refractivity contribution in [1.82, 2.24) is 9.97 Å². The summed E-state index contributed by atoms with van der Waals surface area (Å²) in [5.74, 6) is 0. The van der Waals surface area contributed by atoms with Crippen LogP contribution in [0.3, 0.4) is 0 Å². The molecule has 0 bridgehead atoms. The maximum atomic E-state index is 11.3. The SMILES string of the molecule is CCc1nc(-c2cc(N)c(=O)[nH]c2C)cs1. The van der Waals surface area contributed by atoms with Crippen LogP contribution in [-0.2, 0) is 6.42 Å². The second-order valence-electron chi connectivity index (χ2n) is 3.57. The van der Waals surface area contributed by atoms with E-state index >= 15 is 0 Å². The average Bonchev–Trinajstić information content (AvgIpc) is 2.71. The molecule has 0 radical (unpaired) electrons. The van der Waals surface area contributed by atoms with Gasteiger partial charge in [0.25, 0.3) is 5.56 Å². The standard InChI is InChI=1S/C11H13N3OS/c1-3-10-14-9(5-16-10)7-4-8(12)11(15)13-6(7)2/h4-5H,3,12H2,1-2H3,(H,13,15). The summed E-state index contributed by atoms with van der Waals surface area (Å²) < 4.78 is 0. The molecule has 0 aliphatic rings. The Hall–Kier alpha value is -1.62. The van der Waals surface area contributed by atoms with Crippen LogP contribution in [0, 0.1) is 6.92 Å². The maximum absolute atomic E-state index is 11.3. The molecule has 0 atom stereocenters. The number of hydrogen-bond donors (Lipinski definition) is 2. The Kier molecular flexibility index (Phi) is 2.78. The van der Waals surface area contributed by atoms with Crippen molar-refractivity contribution in [2.75, 3.05) is 5.73 Å². The molecule has 2 heterocycles. The third-order valence-electron chi connectivity index (χ3n) is 2.40. The fraction of sp³-hybridized carbons (Fsp3) is 0.273. The number of hydrogen-bond acceptors (Lipinski definition) is 4. The van der Waals surface area contributed by atoms with Crippen molar-refractivity contribution in [3.05, 3.63) is 32.5 Å². The number of nitrogen functional groups attached to an aromatic ring is 1. The topological polar surface area (TPSA) is 71.8 Å². The van der Waals surface area contributed by atoms with Gasteiger partial charge in [0.1, 0.15) is 0 Å². The molecule has 2 rings (SSSR count). The number of thiazole rings is 1. The van der Waals surface area contributed by atoms with Gasteiger partial charge in [-0.1, -0.05) is 6.92 Å². The van der Waals surface area contributed by atoms with E-state index in [2.05, 4.69) is 16.9 Å². The Morgan fingerprint density at radius 2 is 2.31 bits per heavy atom. The minimum absolute atomic E-state index is 0.228. The quantitative estimate of drug-likeness (QED) is 0.835. The first-order valence-corrected chi connectivity index (χ1v) is 5.94. The Bertz CT molecular complexity index is 571. The van der Waals surface area contributed by atoms with Gasteiger partial charge in [-0.2, -0.15) is 0 Å². The number of rotatable bonds is 2. The lowest BCUT2D eigenvalue weighted by atomic mass is 10.1. The van der Waals surface area contributed by atoms with Crippen LogP contribution in [-0.4, -0.2) is 9.97 Å². The molecule has 3 N–H and O–H groups in total. The van der Waals surface area contributed by atoms with Gasteiger partial charge >= 0.3 is 0 Å². The van der Waals surface area contributed by atoms with Crippen molar-refractivity contribution in [2.24, 2.45) is 0 Å². The minimum atomic E-state index is -0.243. The average molecular weight is 235 g/mol. The predicted octanol–water partition coefficient (Wildman–Crippen LogP) is 1.95. The van der Waals surface area contributed by atoms with Gasteiger partial charge in [0.2, 0.25) is 0 Å². The second-order valence-corrected chi connectivity index (χ2v) is 4.52. The number of aryl methyl sites for hydroxylation is 2. The Morgan fingerprint density at radius 1 is 1.56 bits per heavy atom. The summed E-state index contributed by atoms with van der Waals surface area (Å²) in [5, 5.41) is 3.07. The van der Waals surface area contributed by atoms with Crippen molar-refractivity contribution in [3.8, 4) is 11.3 Å². The van der Waals surface area contributed by atoms with Gasteiger partial charge in [-0.15, -0.1) is 11.3 Å². The highest BCUT2D eigenvalue weighted by atomic mass is 32.1. The molecule has 0 unspecified atom stereocenters. The monoisotopic (exact) mass is 235 g/mol. The number of aromatic amines is 1. The number of anilines is 1. The molecule has 16 heavy (non-hydrogen) atoms. The minimum Gasteiger partial charge on any atom is -0.394 e. The van der Waals surface area contributed by atoms with Crippen molar-refractivity contribution in [2.45, 2.75) is 20.3 Å². The van der Waals surface area contributed by atoms with Crippen molar-refractivity contribution in [3.63, 3.8) is 0 Å². The van der Waals surface area contributed by atoms with E-state index in [4.69, 9.17) is 5.73 Å². The first-order valence-electron chi connectivity index (χ1n) is 5.06. The molecular weight excluding hydrogens is 222 g/mol. The molecular formula is C11H13N3OS. The predicted molar refractivity (Wildman–Crippen MR) is 66.7 cm³/mol. The molecule has 5 heteroatoms. The molecule has 0 aromatic carbocycles. The third kappa shape index (κ3) is 1.86. The van der Waals surface area contributed by atoms with Gasteiger partial charge in [-0.25, -0.2) is 4.98 Å². The lowest BCUT2D eigenvalue weighted by Crippen LogP contribution is -2.13. The van der Waals surface area contributed by atoms with Crippen LogP contribution < -0.4 is 11.3 Å². The van der Waals surface area contributed by atoms with Crippen LogP contribution >= 0.6 is 11.3 Å². The van der Waals surface area contributed by atoms with Crippen molar-refractivity contribution in [1.29, 1.82) is 0 Å². The van der Waals surface area contributed by atoms with E-state index < -0.39 is 0 Å². The fourth-order valence-corrected chi connectivity index (χ4v) is 2.25. The summed E-state index contributed by atoms with van der Waals surface area (Å²) in [6.07, 6.45) is 0.919. The van der Waals surface area contributed by atoms with Crippen LogP contribution in [0.1, 0.15) is 17.6 Å². The molecule has 0 saturated heterocycles. The van der Waals surface area contributed by atoms with E-state index in [0.29, 0.717) is 0 Å². The van der Waals surface area contributed by atoms with Crippen LogP contribution in [0.25, 0.3) is 11.3 Å². The molecule has 0 fully saturated rings. The molecule has 2 aromatic rings. The molecule has 0 aliphatic carbocycles. The maximum Gasteiger partial charge on any atom is 0.271 e. The van der Waals surface area contributed by atoms with E-state index in [-0.39, 0.29) is 11.2 Å². The molecule has 0 spiro atoms. The number of nitrogens with zero attached hydrogens (tertiary/aromatic N) is 1.